The Bertz CT molecular complexity index is 554. The maximum atomic E-state index is 8.81. The smallest absolute Gasteiger partial charge is 0.221 e. The summed E-state index contributed by atoms with van der Waals surface area (Å²) in [5.74, 6) is 0.656. The largest absolute Gasteiger partial charge is 0.481 e. The van der Waals surface area contributed by atoms with Gasteiger partial charge in [-0.2, -0.15) is 0 Å². The predicted octanol–water partition coefficient (Wildman–Crippen LogP) is 4.05. The minimum absolute atomic E-state index is 0.656. The van der Waals surface area contributed by atoms with Gasteiger partial charge >= 0.3 is 0 Å². The van der Waals surface area contributed by atoms with E-state index in [1.54, 1.807) is 13.3 Å². The van der Waals surface area contributed by atoms with E-state index in [1.807, 2.05) is 46.1 Å². The fourth-order valence-corrected chi connectivity index (χ4v) is 1.72. The van der Waals surface area contributed by atoms with Crippen molar-refractivity contribution < 1.29 is 9.53 Å². The molecule has 22 heavy (non-hydrogen) atoms. The Labute approximate surface area is 133 Å². The zero-order valence-corrected chi connectivity index (χ0v) is 14.3. The third-order valence-corrected chi connectivity index (χ3v) is 2.64. The van der Waals surface area contributed by atoms with Crippen molar-refractivity contribution in [2.45, 2.75) is 20.8 Å². The van der Waals surface area contributed by atoms with Crippen LogP contribution in [0, 0.1) is 0 Å². The van der Waals surface area contributed by atoms with Gasteiger partial charge in [0.05, 0.1) is 7.11 Å². The van der Waals surface area contributed by atoms with E-state index >= 15 is 0 Å². The van der Waals surface area contributed by atoms with Crippen molar-refractivity contribution in [3.8, 4) is 17.0 Å². The predicted molar refractivity (Wildman–Crippen MR) is 93.6 cm³/mol. The third kappa shape index (κ3) is 5.95. The van der Waals surface area contributed by atoms with Crippen LogP contribution < -0.4 is 9.64 Å². The van der Waals surface area contributed by atoms with E-state index < -0.39 is 0 Å². The lowest BCUT2D eigenvalue weighted by Crippen LogP contribution is -2.08. The molecule has 0 amide bonds. The Hall–Kier alpha value is -2.36. The zero-order chi connectivity index (χ0) is 17.0. The van der Waals surface area contributed by atoms with Crippen LogP contribution >= 0.6 is 0 Å². The molecule has 0 aliphatic rings. The number of benzene rings is 1. The molecule has 0 bridgehead atoms. The molecule has 0 fully saturated rings. The van der Waals surface area contributed by atoms with Gasteiger partial charge in [-0.15, -0.1) is 0 Å². The Balaban J connectivity index is 0.000000789. The molecule has 0 saturated carbocycles. The molecule has 1 heterocycles. The standard InChI is InChI=1S/C14H16N2O.C2H4O.C2H6/c1-16(2)12-7-4-6-11(10-12)13-8-5-9-15-14(13)17-3;1-2-3;1-2/h4-10H,1-3H3;2H,1H3;1-2H3. The summed E-state index contributed by atoms with van der Waals surface area (Å²) in [7, 11) is 5.70. The normalized spacial score (nSPS) is 8.64. The van der Waals surface area contributed by atoms with Crippen LogP contribution in [0.15, 0.2) is 42.6 Å². The molecule has 2 rings (SSSR count). The molecular formula is C18H26N2O2. The van der Waals surface area contributed by atoms with Crippen molar-refractivity contribution in [3.63, 3.8) is 0 Å². The first-order valence-electron chi connectivity index (χ1n) is 7.30. The molecule has 1 aromatic carbocycles. The minimum atomic E-state index is 0.656. The number of methoxy groups -OCH3 is 1. The molecule has 4 heteroatoms. The van der Waals surface area contributed by atoms with Crippen LogP contribution in [-0.2, 0) is 4.79 Å². The Morgan fingerprint density at radius 2 is 1.77 bits per heavy atom. The highest BCUT2D eigenvalue weighted by Gasteiger charge is 2.06. The van der Waals surface area contributed by atoms with Crippen LogP contribution in [-0.4, -0.2) is 32.5 Å². The van der Waals surface area contributed by atoms with E-state index in [0.717, 1.165) is 23.1 Å². The highest BCUT2D eigenvalue weighted by molar-refractivity contribution is 5.72. The van der Waals surface area contributed by atoms with Gasteiger partial charge in [0, 0.05) is 31.5 Å². The number of aromatic nitrogens is 1. The van der Waals surface area contributed by atoms with Crippen molar-refractivity contribution in [1.82, 2.24) is 4.98 Å². The number of ether oxygens (including phenoxy) is 1. The molecular weight excluding hydrogens is 276 g/mol. The molecule has 0 aliphatic heterocycles. The SMILES string of the molecule is CC.CC=O.COc1ncccc1-c1cccc(N(C)C)c1. The van der Waals surface area contributed by atoms with E-state index in [2.05, 4.69) is 28.1 Å². The van der Waals surface area contributed by atoms with Gasteiger partial charge < -0.3 is 14.4 Å². The number of anilines is 1. The maximum absolute atomic E-state index is 8.81. The fraction of sp³-hybridized carbons (Fsp3) is 0.333. The van der Waals surface area contributed by atoms with Crippen molar-refractivity contribution in [1.29, 1.82) is 0 Å². The summed E-state index contributed by atoms with van der Waals surface area (Å²) in [5, 5.41) is 0. The van der Waals surface area contributed by atoms with Gasteiger partial charge in [-0.05, 0) is 36.8 Å². The van der Waals surface area contributed by atoms with Gasteiger partial charge in [0.1, 0.15) is 6.29 Å². The van der Waals surface area contributed by atoms with Crippen LogP contribution in [0.2, 0.25) is 0 Å². The highest BCUT2D eigenvalue weighted by atomic mass is 16.5. The highest BCUT2D eigenvalue weighted by Crippen LogP contribution is 2.29. The van der Waals surface area contributed by atoms with Crippen molar-refractivity contribution in [2.75, 3.05) is 26.1 Å². The lowest BCUT2D eigenvalue weighted by Gasteiger charge is -2.14. The van der Waals surface area contributed by atoms with Crippen molar-refractivity contribution in [2.24, 2.45) is 0 Å². The fourth-order valence-electron chi connectivity index (χ4n) is 1.72. The Kier molecular flexibility index (Phi) is 10.1. The molecule has 4 nitrogen and oxygen atoms in total. The second-order valence-electron chi connectivity index (χ2n) is 4.24. The molecule has 1 aromatic heterocycles. The second kappa shape index (κ2) is 11.3. The van der Waals surface area contributed by atoms with Crippen LogP contribution in [0.25, 0.3) is 11.1 Å². The van der Waals surface area contributed by atoms with E-state index in [0.29, 0.717) is 5.88 Å². The third-order valence-electron chi connectivity index (χ3n) is 2.64. The summed E-state index contributed by atoms with van der Waals surface area (Å²) in [6.07, 6.45) is 2.48. The molecule has 0 radical (unpaired) electrons. The van der Waals surface area contributed by atoms with E-state index in [9.17, 15) is 0 Å². The summed E-state index contributed by atoms with van der Waals surface area (Å²) in [6, 6.07) is 12.2. The number of carbonyl (C=O) groups excluding carboxylic acids is 1. The summed E-state index contributed by atoms with van der Waals surface area (Å²) in [4.78, 5) is 15.1. The quantitative estimate of drug-likeness (QED) is 0.802. The van der Waals surface area contributed by atoms with Gasteiger partial charge in [0.25, 0.3) is 0 Å². The van der Waals surface area contributed by atoms with E-state index in [-0.39, 0.29) is 0 Å². The molecule has 0 spiro atoms. The molecule has 120 valence electrons. The van der Waals surface area contributed by atoms with Crippen LogP contribution in [0.1, 0.15) is 20.8 Å². The first kappa shape index (κ1) is 19.6. The Morgan fingerprint density at radius 1 is 1.14 bits per heavy atom. The number of aldehydes is 1. The second-order valence-corrected chi connectivity index (χ2v) is 4.24. The topological polar surface area (TPSA) is 42.4 Å². The average molecular weight is 302 g/mol. The first-order chi connectivity index (χ1) is 10.6. The molecule has 0 saturated heterocycles. The van der Waals surface area contributed by atoms with Gasteiger partial charge in [-0.3, -0.25) is 0 Å². The number of pyridine rings is 1. The van der Waals surface area contributed by atoms with Crippen LogP contribution in [0.3, 0.4) is 0 Å². The average Bonchev–Trinajstić information content (AvgIpc) is 2.57. The molecule has 0 aliphatic carbocycles. The summed E-state index contributed by atoms with van der Waals surface area (Å²) < 4.78 is 5.28. The summed E-state index contributed by atoms with van der Waals surface area (Å²) in [5.41, 5.74) is 3.29. The van der Waals surface area contributed by atoms with Crippen molar-refractivity contribution in [3.05, 3.63) is 42.6 Å². The lowest BCUT2D eigenvalue weighted by atomic mass is 10.1. The lowest BCUT2D eigenvalue weighted by molar-refractivity contribution is -0.106. The van der Waals surface area contributed by atoms with Crippen molar-refractivity contribution >= 4 is 12.0 Å². The molecule has 2 aromatic rings. The van der Waals surface area contributed by atoms with Crippen LogP contribution in [0.5, 0.6) is 5.88 Å². The van der Waals surface area contributed by atoms with Gasteiger partial charge in [-0.1, -0.05) is 26.0 Å². The number of carbonyl (C=O) groups is 1. The minimum Gasteiger partial charge on any atom is -0.481 e. The summed E-state index contributed by atoms with van der Waals surface area (Å²) >= 11 is 0. The number of nitrogens with zero attached hydrogens (tertiary/aromatic N) is 2. The Morgan fingerprint density at radius 3 is 2.32 bits per heavy atom. The zero-order valence-electron chi connectivity index (χ0n) is 14.3. The summed E-state index contributed by atoms with van der Waals surface area (Å²) in [6.45, 7) is 5.44. The molecule has 0 N–H and O–H groups in total. The monoisotopic (exact) mass is 302 g/mol. The van der Waals surface area contributed by atoms with E-state index in [4.69, 9.17) is 9.53 Å². The number of rotatable bonds is 3. The maximum Gasteiger partial charge on any atom is 0.221 e. The molecule has 0 unspecified atom stereocenters. The number of hydrogen-bond acceptors (Lipinski definition) is 4. The van der Waals surface area contributed by atoms with Crippen LogP contribution in [0.4, 0.5) is 5.69 Å². The first-order valence-corrected chi connectivity index (χ1v) is 7.30. The number of hydrogen-bond donors (Lipinski definition) is 0. The molecule has 0 atom stereocenters. The van der Waals surface area contributed by atoms with Gasteiger partial charge in [0.15, 0.2) is 0 Å². The van der Waals surface area contributed by atoms with Gasteiger partial charge in [-0.25, -0.2) is 4.98 Å². The van der Waals surface area contributed by atoms with E-state index in [1.165, 1.54) is 6.92 Å². The van der Waals surface area contributed by atoms with Gasteiger partial charge in [0.2, 0.25) is 5.88 Å².